The molecule has 1 aliphatic rings. The number of aliphatic carboxylic acids is 1. The van der Waals surface area contributed by atoms with Crippen molar-refractivity contribution in [3.05, 3.63) is 52.3 Å². The van der Waals surface area contributed by atoms with Gasteiger partial charge in [0.05, 0.1) is 4.90 Å². The van der Waals surface area contributed by atoms with Crippen LogP contribution >= 0.6 is 0 Å². The Bertz CT molecular complexity index is 973. The number of carbonyl (C=O) groups is 1. The summed E-state index contributed by atoms with van der Waals surface area (Å²) < 4.78 is 29.1. The molecule has 28 heavy (non-hydrogen) atoms. The third-order valence-electron chi connectivity index (χ3n) is 5.27. The standard InChI is InChI=1S/C21H28N2O4S/c1-14(2)22-28(26,27)17-10-8-16(9-11-17)12-19-15(3)23(13-21(24)25)20-7-5-4-6-18(19)20/h8-11,14,22H,4-7,12-13H2,1-3H3,(H,24,25). The molecule has 1 aromatic carbocycles. The maximum atomic E-state index is 12.3. The lowest BCUT2D eigenvalue weighted by atomic mass is 9.92. The van der Waals surface area contributed by atoms with E-state index < -0.39 is 16.0 Å². The first-order valence-corrected chi connectivity index (χ1v) is 11.2. The van der Waals surface area contributed by atoms with Crippen LogP contribution in [-0.4, -0.2) is 30.1 Å². The zero-order valence-corrected chi connectivity index (χ0v) is 17.5. The van der Waals surface area contributed by atoms with Gasteiger partial charge in [0, 0.05) is 17.4 Å². The van der Waals surface area contributed by atoms with Crippen molar-refractivity contribution in [3.8, 4) is 0 Å². The number of carboxylic acid groups (broad SMARTS) is 1. The Hall–Kier alpha value is -2.12. The first-order chi connectivity index (χ1) is 13.2. The van der Waals surface area contributed by atoms with Gasteiger partial charge in [0.1, 0.15) is 6.54 Å². The Kier molecular flexibility index (Phi) is 5.95. The highest BCUT2D eigenvalue weighted by Crippen LogP contribution is 2.31. The van der Waals surface area contributed by atoms with Crippen LogP contribution in [0.1, 0.15) is 54.8 Å². The lowest BCUT2D eigenvalue weighted by molar-refractivity contribution is -0.137. The number of hydrogen-bond donors (Lipinski definition) is 2. The zero-order chi connectivity index (χ0) is 20.5. The molecule has 0 unspecified atom stereocenters. The van der Waals surface area contributed by atoms with E-state index >= 15 is 0 Å². The molecule has 0 atom stereocenters. The van der Waals surface area contributed by atoms with E-state index in [-0.39, 0.29) is 17.5 Å². The fourth-order valence-electron chi connectivity index (χ4n) is 4.05. The number of aromatic nitrogens is 1. The summed E-state index contributed by atoms with van der Waals surface area (Å²) in [5.41, 5.74) is 5.65. The van der Waals surface area contributed by atoms with Gasteiger partial charge in [0.2, 0.25) is 10.0 Å². The van der Waals surface area contributed by atoms with Crippen LogP contribution < -0.4 is 4.72 Å². The van der Waals surface area contributed by atoms with Crippen LogP contribution in [0, 0.1) is 6.92 Å². The van der Waals surface area contributed by atoms with Crippen molar-refractivity contribution in [2.75, 3.05) is 0 Å². The number of fused-ring (bicyclic) bond motifs is 1. The largest absolute Gasteiger partial charge is 0.480 e. The van der Waals surface area contributed by atoms with Crippen LogP contribution in [0.2, 0.25) is 0 Å². The summed E-state index contributed by atoms with van der Waals surface area (Å²) in [5, 5.41) is 9.28. The Balaban J connectivity index is 1.90. The Morgan fingerprint density at radius 2 is 1.82 bits per heavy atom. The smallest absolute Gasteiger partial charge is 0.323 e. The fourth-order valence-corrected chi connectivity index (χ4v) is 5.30. The van der Waals surface area contributed by atoms with Crippen LogP contribution in [0.15, 0.2) is 29.2 Å². The summed E-state index contributed by atoms with van der Waals surface area (Å²) in [6.07, 6.45) is 4.78. The van der Waals surface area contributed by atoms with Crippen molar-refractivity contribution in [3.63, 3.8) is 0 Å². The first-order valence-electron chi connectivity index (χ1n) is 9.72. The molecule has 0 bridgehead atoms. The minimum Gasteiger partial charge on any atom is -0.480 e. The second kappa shape index (κ2) is 8.09. The quantitative estimate of drug-likeness (QED) is 0.742. The van der Waals surface area contributed by atoms with Crippen LogP contribution in [0.3, 0.4) is 0 Å². The zero-order valence-electron chi connectivity index (χ0n) is 16.7. The highest BCUT2D eigenvalue weighted by molar-refractivity contribution is 7.89. The highest BCUT2D eigenvalue weighted by Gasteiger charge is 2.24. The van der Waals surface area contributed by atoms with Crippen molar-refractivity contribution in [1.29, 1.82) is 0 Å². The number of rotatable bonds is 7. The van der Waals surface area contributed by atoms with E-state index in [0.29, 0.717) is 6.42 Å². The number of sulfonamides is 1. The van der Waals surface area contributed by atoms with Crippen molar-refractivity contribution in [2.45, 2.75) is 70.4 Å². The molecule has 0 amide bonds. The average molecular weight is 405 g/mol. The predicted molar refractivity (Wildman–Crippen MR) is 108 cm³/mol. The average Bonchev–Trinajstić information content (AvgIpc) is 2.87. The lowest BCUT2D eigenvalue weighted by Crippen LogP contribution is -2.30. The van der Waals surface area contributed by atoms with E-state index in [2.05, 4.69) is 4.72 Å². The summed E-state index contributed by atoms with van der Waals surface area (Å²) in [7, 11) is -3.50. The molecule has 0 aliphatic heterocycles. The highest BCUT2D eigenvalue weighted by atomic mass is 32.2. The Morgan fingerprint density at radius 3 is 2.43 bits per heavy atom. The summed E-state index contributed by atoms with van der Waals surface area (Å²) in [5.74, 6) is -0.828. The van der Waals surface area contributed by atoms with Gasteiger partial charge in [-0.3, -0.25) is 4.79 Å². The van der Waals surface area contributed by atoms with E-state index in [0.717, 1.165) is 42.6 Å². The molecular weight excluding hydrogens is 376 g/mol. The van der Waals surface area contributed by atoms with Gasteiger partial charge in [0.15, 0.2) is 0 Å². The van der Waals surface area contributed by atoms with Gasteiger partial charge in [-0.05, 0) is 81.7 Å². The summed E-state index contributed by atoms with van der Waals surface area (Å²) in [6, 6.07) is 6.80. The summed E-state index contributed by atoms with van der Waals surface area (Å²) in [4.78, 5) is 11.6. The minimum absolute atomic E-state index is 0.00772. The van der Waals surface area contributed by atoms with Crippen LogP contribution in [0.5, 0.6) is 0 Å². The van der Waals surface area contributed by atoms with Crippen molar-refractivity contribution < 1.29 is 18.3 Å². The van der Waals surface area contributed by atoms with Gasteiger partial charge in [-0.1, -0.05) is 12.1 Å². The molecule has 0 saturated heterocycles. The van der Waals surface area contributed by atoms with Crippen LogP contribution in [0.4, 0.5) is 0 Å². The molecule has 2 aromatic rings. The van der Waals surface area contributed by atoms with Gasteiger partial charge in [0.25, 0.3) is 0 Å². The first kappa shape index (κ1) is 20.6. The maximum Gasteiger partial charge on any atom is 0.323 e. The Labute approximate surface area is 166 Å². The third kappa shape index (κ3) is 4.31. The van der Waals surface area contributed by atoms with Gasteiger partial charge in [-0.2, -0.15) is 0 Å². The van der Waals surface area contributed by atoms with Crippen LogP contribution in [0.25, 0.3) is 0 Å². The molecule has 0 fully saturated rings. The monoisotopic (exact) mass is 404 g/mol. The number of nitrogens with zero attached hydrogens (tertiary/aromatic N) is 1. The molecule has 7 heteroatoms. The summed E-state index contributed by atoms with van der Waals surface area (Å²) >= 11 is 0. The topological polar surface area (TPSA) is 88.4 Å². The van der Waals surface area contributed by atoms with E-state index in [9.17, 15) is 18.3 Å². The molecule has 0 saturated carbocycles. The van der Waals surface area contributed by atoms with Crippen LogP contribution in [-0.2, 0) is 40.6 Å². The van der Waals surface area contributed by atoms with E-state index in [1.807, 2.05) is 23.6 Å². The molecule has 1 aliphatic carbocycles. The molecule has 2 N–H and O–H groups in total. The maximum absolute atomic E-state index is 12.3. The molecule has 0 spiro atoms. The predicted octanol–water partition coefficient (Wildman–Crippen LogP) is 3.04. The molecule has 6 nitrogen and oxygen atoms in total. The van der Waals surface area contributed by atoms with Crippen molar-refractivity contribution in [2.24, 2.45) is 0 Å². The normalized spacial score (nSPS) is 14.3. The second-order valence-corrected chi connectivity index (χ2v) is 9.49. The second-order valence-electron chi connectivity index (χ2n) is 7.77. The van der Waals surface area contributed by atoms with E-state index in [4.69, 9.17) is 0 Å². The van der Waals surface area contributed by atoms with Gasteiger partial charge < -0.3 is 9.67 Å². The third-order valence-corrected chi connectivity index (χ3v) is 6.94. The number of carboxylic acids is 1. The number of nitrogens with one attached hydrogen (secondary N) is 1. The van der Waals surface area contributed by atoms with Crippen molar-refractivity contribution >= 4 is 16.0 Å². The Morgan fingerprint density at radius 1 is 1.18 bits per heavy atom. The minimum atomic E-state index is -3.50. The van der Waals surface area contributed by atoms with Crippen molar-refractivity contribution in [1.82, 2.24) is 9.29 Å². The summed E-state index contributed by atoms with van der Waals surface area (Å²) in [6.45, 7) is 5.56. The fraction of sp³-hybridized carbons (Fsp3) is 0.476. The SMILES string of the molecule is Cc1c(Cc2ccc(S(=O)(=O)NC(C)C)cc2)c2c(n1CC(=O)O)CCCC2. The molecule has 1 aromatic heterocycles. The molecular formula is C21H28N2O4S. The van der Waals surface area contributed by atoms with E-state index in [1.165, 1.54) is 11.1 Å². The molecule has 1 heterocycles. The number of hydrogen-bond acceptors (Lipinski definition) is 3. The molecule has 0 radical (unpaired) electrons. The lowest BCUT2D eigenvalue weighted by Gasteiger charge is -2.15. The molecule has 152 valence electrons. The number of benzene rings is 1. The van der Waals surface area contributed by atoms with Gasteiger partial charge in [-0.25, -0.2) is 13.1 Å². The van der Waals surface area contributed by atoms with E-state index in [1.54, 1.807) is 26.0 Å². The van der Waals surface area contributed by atoms with Gasteiger partial charge >= 0.3 is 5.97 Å². The van der Waals surface area contributed by atoms with Gasteiger partial charge in [-0.15, -0.1) is 0 Å². The molecule has 3 rings (SSSR count).